The van der Waals surface area contributed by atoms with Crippen molar-refractivity contribution in [2.75, 3.05) is 11.1 Å². The van der Waals surface area contributed by atoms with Gasteiger partial charge in [-0.05, 0) is 36.4 Å². The number of nitrogens with two attached hydrogens (primary N) is 1. The second kappa shape index (κ2) is 5.06. The number of benzene rings is 2. The van der Waals surface area contributed by atoms with Crippen LogP contribution < -0.4 is 11.1 Å². The van der Waals surface area contributed by atoms with Crippen LogP contribution in [0.25, 0.3) is 0 Å². The molecule has 3 N–H and O–H groups in total. The Bertz CT molecular complexity index is 601. The van der Waals surface area contributed by atoms with Crippen LogP contribution in [0.15, 0.2) is 42.5 Å². The van der Waals surface area contributed by atoms with Crippen LogP contribution >= 0.6 is 11.6 Å². The van der Waals surface area contributed by atoms with Crippen molar-refractivity contribution in [2.45, 2.75) is 0 Å². The van der Waals surface area contributed by atoms with E-state index in [1.54, 1.807) is 12.1 Å². The van der Waals surface area contributed by atoms with Gasteiger partial charge in [0.25, 0.3) is 5.91 Å². The second-order valence-corrected chi connectivity index (χ2v) is 4.11. The van der Waals surface area contributed by atoms with Crippen molar-refractivity contribution in [3.05, 3.63) is 58.9 Å². The highest BCUT2D eigenvalue weighted by molar-refractivity contribution is 6.34. The maximum absolute atomic E-state index is 13.0. The molecular formula is C13H10ClFN2O. The third kappa shape index (κ3) is 2.78. The van der Waals surface area contributed by atoms with Crippen LogP contribution in [0.2, 0.25) is 5.02 Å². The monoisotopic (exact) mass is 264 g/mol. The van der Waals surface area contributed by atoms with E-state index in [0.717, 1.165) is 0 Å². The molecule has 0 unspecified atom stereocenters. The Kier molecular flexibility index (Phi) is 3.48. The zero-order valence-electron chi connectivity index (χ0n) is 9.28. The first kappa shape index (κ1) is 12.4. The van der Waals surface area contributed by atoms with Gasteiger partial charge in [0.1, 0.15) is 5.82 Å². The molecule has 0 radical (unpaired) electrons. The molecule has 3 nitrogen and oxygen atoms in total. The van der Waals surface area contributed by atoms with Gasteiger partial charge in [-0.15, -0.1) is 0 Å². The van der Waals surface area contributed by atoms with Crippen molar-refractivity contribution >= 4 is 28.9 Å². The van der Waals surface area contributed by atoms with Crippen molar-refractivity contribution in [3.8, 4) is 0 Å². The molecule has 0 bridgehead atoms. The van der Waals surface area contributed by atoms with Crippen LogP contribution in [0, 0.1) is 5.82 Å². The van der Waals surface area contributed by atoms with E-state index in [0.29, 0.717) is 11.4 Å². The standard InChI is InChI=1S/C13H10ClFN2O/c14-12-7-9(16)4-5-11(12)13(18)17-10-3-1-2-8(15)6-10/h1-7H,16H2,(H,17,18). The summed E-state index contributed by atoms with van der Waals surface area (Å²) in [5.41, 5.74) is 6.66. The topological polar surface area (TPSA) is 55.1 Å². The third-order valence-electron chi connectivity index (χ3n) is 2.32. The number of anilines is 2. The van der Waals surface area contributed by atoms with E-state index in [4.69, 9.17) is 17.3 Å². The number of carbonyl (C=O) groups excluding carboxylic acids is 1. The Morgan fingerprint density at radius 1 is 1.22 bits per heavy atom. The zero-order valence-corrected chi connectivity index (χ0v) is 10.0. The van der Waals surface area contributed by atoms with Gasteiger partial charge in [0.05, 0.1) is 10.6 Å². The van der Waals surface area contributed by atoms with Crippen LogP contribution in [0.1, 0.15) is 10.4 Å². The average Bonchev–Trinajstić information content (AvgIpc) is 2.28. The molecule has 92 valence electrons. The number of carbonyl (C=O) groups is 1. The van der Waals surface area contributed by atoms with Crippen LogP contribution in [-0.4, -0.2) is 5.91 Å². The van der Waals surface area contributed by atoms with E-state index < -0.39 is 11.7 Å². The van der Waals surface area contributed by atoms with Gasteiger partial charge in [-0.1, -0.05) is 17.7 Å². The van der Waals surface area contributed by atoms with Crippen molar-refractivity contribution in [2.24, 2.45) is 0 Å². The minimum absolute atomic E-state index is 0.254. The summed E-state index contributed by atoms with van der Waals surface area (Å²) < 4.78 is 13.0. The summed E-state index contributed by atoms with van der Waals surface area (Å²) in [5, 5.41) is 2.81. The highest BCUT2D eigenvalue weighted by Crippen LogP contribution is 2.20. The molecule has 0 aliphatic carbocycles. The summed E-state index contributed by atoms with van der Waals surface area (Å²) in [6.45, 7) is 0. The number of amides is 1. The molecule has 2 aromatic carbocycles. The minimum Gasteiger partial charge on any atom is -0.399 e. The van der Waals surface area contributed by atoms with Gasteiger partial charge in [0.15, 0.2) is 0 Å². The lowest BCUT2D eigenvalue weighted by atomic mass is 10.2. The summed E-state index contributed by atoms with van der Waals surface area (Å²) in [6, 6.07) is 10.2. The highest BCUT2D eigenvalue weighted by atomic mass is 35.5. The predicted molar refractivity (Wildman–Crippen MR) is 70.2 cm³/mol. The van der Waals surface area contributed by atoms with Crippen LogP contribution in [0.3, 0.4) is 0 Å². The maximum atomic E-state index is 13.0. The molecule has 0 saturated heterocycles. The Morgan fingerprint density at radius 3 is 2.67 bits per heavy atom. The molecule has 0 heterocycles. The van der Waals surface area contributed by atoms with Gasteiger partial charge < -0.3 is 11.1 Å². The minimum atomic E-state index is -0.420. The van der Waals surface area contributed by atoms with Crippen molar-refractivity contribution in [1.82, 2.24) is 0 Å². The quantitative estimate of drug-likeness (QED) is 0.818. The molecule has 0 spiro atoms. The van der Waals surface area contributed by atoms with E-state index >= 15 is 0 Å². The molecular weight excluding hydrogens is 255 g/mol. The summed E-state index contributed by atoms with van der Waals surface area (Å²) in [7, 11) is 0. The molecule has 2 aromatic rings. The molecule has 0 aliphatic rings. The highest BCUT2D eigenvalue weighted by Gasteiger charge is 2.10. The molecule has 2 rings (SSSR count). The smallest absolute Gasteiger partial charge is 0.257 e. The number of halogens is 2. The van der Waals surface area contributed by atoms with Crippen LogP contribution in [-0.2, 0) is 0 Å². The Morgan fingerprint density at radius 2 is 2.00 bits per heavy atom. The molecule has 0 aromatic heterocycles. The maximum Gasteiger partial charge on any atom is 0.257 e. The number of hydrogen-bond acceptors (Lipinski definition) is 2. The van der Waals surface area contributed by atoms with E-state index in [1.165, 1.54) is 30.3 Å². The first-order chi connectivity index (χ1) is 8.56. The van der Waals surface area contributed by atoms with Crippen molar-refractivity contribution in [3.63, 3.8) is 0 Å². The molecule has 0 aliphatic heterocycles. The fraction of sp³-hybridized carbons (Fsp3) is 0. The molecule has 1 amide bonds. The summed E-state index contributed by atoms with van der Waals surface area (Å²) in [6.07, 6.45) is 0. The fourth-order valence-corrected chi connectivity index (χ4v) is 1.75. The molecule has 0 fully saturated rings. The lowest BCUT2D eigenvalue weighted by Gasteiger charge is -2.07. The van der Waals surface area contributed by atoms with Crippen LogP contribution in [0.5, 0.6) is 0 Å². The number of rotatable bonds is 2. The van der Waals surface area contributed by atoms with Crippen LogP contribution in [0.4, 0.5) is 15.8 Å². The fourth-order valence-electron chi connectivity index (χ4n) is 1.48. The van der Waals surface area contributed by atoms with Crippen molar-refractivity contribution < 1.29 is 9.18 Å². The van der Waals surface area contributed by atoms with Gasteiger partial charge in [0.2, 0.25) is 0 Å². The Labute approximate surface area is 108 Å². The average molecular weight is 265 g/mol. The number of nitrogen functional groups attached to an aromatic ring is 1. The van der Waals surface area contributed by atoms with E-state index in [9.17, 15) is 9.18 Å². The second-order valence-electron chi connectivity index (χ2n) is 3.70. The van der Waals surface area contributed by atoms with Gasteiger partial charge in [-0.3, -0.25) is 4.79 Å². The van der Waals surface area contributed by atoms with Crippen molar-refractivity contribution in [1.29, 1.82) is 0 Å². The predicted octanol–water partition coefficient (Wildman–Crippen LogP) is 3.31. The SMILES string of the molecule is Nc1ccc(C(=O)Nc2cccc(F)c2)c(Cl)c1. The summed E-state index contributed by atoms with van der Waals surface area (Å²) in [4.78, 5) is 11.9. The largest absolute Gasteiger partial charge is 0.399 e. The van der Waals surface area contributed by atoms with Gasteiger partial charge in [-0.25, -0.2) is 4.39 Å². The first-order valence-electron chi connectivity index (χ1n) is 5.18. The number of nitrogens with one attached hydrogen (secondary N) is 1. The zero-order chi connectivity index (χ0) is 13.1. The Hall–Kier alpha value is -2.07. The molecule has 18 heavy (non-hydrogen) atoms. The van der Waals surface area contributed by atoms with E-state index in [-0.39, 0.29) is 10.6 Å². The summed E-state index contributed by atoms with van der Waals surface area (Å²) in [5.74, 6) is -0.832. The summed E-state index contributed by atoms with van der Waals surface area (Å²) >= 11 is 5.91. The third-order valence-corrected chi connectivity index (χ3v) is 2.63. The van der Waals surface area contributed by atoms with Gasteiger partial charge in [-0.2, -0.15) is 0 Å². The van der Waals surface area contributed by atoms with E-state index in [2.05, 4.69) is 5.32 Å². The Balaban J connectivity index is 2.22. The van der Waals surface area contributed by atoms with Gasteiger partial charge in [0, 0.05) is 11.4 Å². The normalized spacial score (nSPS) is 10.1. The number of hydrogen-bond donors (Lipinski definition) is 2. The lowest BCUT2D eigenvalue weighted by molar-refractivity contribution is 0.102. The first-order valence-corrected chi connectivity index (χ1v) is 5.56. The lowest BCUT2D eigenvalue weighted by Crippen LogP contribution is -2.12. The molecule has 0 atom stereocenters. The van der Waals surface area contributed by atoms with Gasteiger partial charge >= 0.3 is 0 Å². The molecule has 5 heteroatoms. The van der Waals surface area contributed by atoms with E-state index in [1.807, 2.05) is 0 Å². The molecule has 0 saturated carbocycles.